The van der Waals surface area contributed by atoms with Crippen molar-refractivity contribution in [1.82, 2.24) is 0 Å². The van der Waals surface area contributed by atoms with Gasteiger partial charge in [0.2, 0.25) is 0 Å². The van der Waals surface area contributed by atoms with Gasteiger partial charge in [-0.25, -0.2) is 4.39 Å². The lowest BCUT2D eigenvalue weighted by Crippen LogP contribution is -1.89. The van der Waals surface area contributed by atoms with E-state index >= 15 is 0 Å². The Morgan fingerprint density at radius 1 is 1.55 bits per heavy atom. The zero-order valence-electron chi connectivity index (χ0n) is 5.58. The first-order chi connectivity index (χ1) is 5.11. The first-order valence-corrected chi connectivity index (χ1v) is 2.87. The molecule has 0 atom stereocenters. The molecular formula is C7H5FNO2. The molecule has 0 heterocycles. The van der Waals surface area contributed by atoms with Gasteiger partial charge in [0.1, 0.15) is 5.82 Å². The summed E-state index contributed by atoms with van der Waals surface area (Å²) in [5.74, 6) is -0.532. The lowest BCUT2D eigenvalue weighted by Gasteiger charge is -1.93. The standard InChI is InChI=1S/C7H5FNO2/c1-5-4-6(9(10)11)2-3-7(5)8/h2-4H,1H2. The van der Waals surface area contributed by atoms with Crippen LogP contribution in [0, 0.1) is 22.9 Å². The number of rotatable bonds is 1. The number of nitro benzene ring substituents is 1. The minimum atomic E-state index is -0.589. The highest BCUT2D eigenvalue weighted by atomic mass is 19.1. The van der Waals surface area contributed by atoms with E-state index in [-0.39, 0.29) is 11.3 Å². The third kappa shape index (κ3) is 1.52. The molecule has 1 rings (SSSR count). The third-order valence-corrected chi connectivity index (χ3v) is 1.24. The lowest BCUT2D eigenvalue weighted by molar-refractivity contribution is -0.384. The molecule has 11 heavy (non-hydrogen) atoms. The van der Waals surface area contributed by atoms with Crippen molar-refractivity contribution in [1.29, 1.82) is 0 Å². The number of nitro groups is 1. The second-order valence-electron chi connectivity index (χ2n) is 2.03. The summed E-state index contributed by atoms with van der Waals surface area (Å²) >= 11 is 0. The SMILES string of the molecule is [CH2]c1cc([N+](=O)[O-])ccc1F. The largest absolute Gasteiger partial charge is 0.269 e. The number of halogens is 1. The van der Waals surface area contributed by atoms with Crippen LogP contribution in [0.15, 0.2) is 18.2 Å². The molecule has 0 bridgehead atoms. The van der Waals surface area contributed by atoms with Gasteiger partial charge in [0.05, 0.1) is 4.92 Å². The van der Waals surface area contributed by atoms with E-state index in [0.717, 1.165) is 18.2 Å². The number of benzene rings is 1. The predicted molar refractivity (Wildman–Crippen MR) is 37.5 cm³/mol. The quantitative estimate of drug-likeness (QED) is 0.458. The van der Waals surface area contributed by atoms with Crippen LogP contribution in [-0.4, -0.2) is 4.92 Å². The smallest absolute Gasteiger partial charge is 0.258 e. The number of non-ortho nitro benzene ring substituents is 1. The molecule has 0 amide bonds. The van der Waals surface area contributed by atoms with E-state index in [9.17, 15) is 14.5 Å². The molecule has 0 saturated heterocycles. The van der Waals surface area contributed by atoms with E-state index in [0.29, 0.717) is 0 Å². The Labute approximate surface area is 62.6 Å². The van der Waals surface area contributed by atoms with Crippen molar-refractivity contribution >= 4 is 5.69 Å². The molecule has 0 aliphatic carbocycles. The minimum absolute atomic E-state index is 0.0409. The molecule has 0 spiro atoms. The van der Waals surface area contributed by atoms with Crippen LogP contribution < -0.4 is 0 Å². The van der Waals surface area contributed by atoms with Crippen molar-refractivity contribution < 1.29 is 9.31 Å². The third-order valence-electron chi connectivity index (χ3n) is 1.24. The first kappa shape index (κ1) is 7.65. The summed E-state index contributed by atoms with van der Waals surface area (Å²) in [7, 11) is 0. The van der Waals surface area contributed by atoms with E-state index < -0.39 is 10.7 Å². The monoisotopic (exact) mass is 154 g/mol. The van der Waals surface area contributed by atoms with E-state index in [1.807, 2.05) is 0 Å². The van der Waals surface area contributed by atoms with Gasteiger partial charge in [-0.1, -0.05) is 0 Å². The highest BCUT2D eigenvalue weighted by Gasteiger charge is 2.06. The molecular weight excluding hydrogens is 149 g/mol. The second kappa shape index (κ2) is 2.65. The van der Waals surface area contributed by atoms with Gasteiger partial charge in [0.25, 0.3) is 5.69 Å². The molecule has 0 saturated carbocycles. The van der Waals surface area contributed by atoms with E-state index in [2.05, 4.69) is 6.92 Å². The fourth-order valence-corrected chi connectivity index (χ4v) is 0.675. The summed E-state index contributed by atoms with van der Waals surface area (Å²) in [5, 5.41) is 10.1. The van der Waals surface area contributed by atoms with Gasteiger partial charge in [-0.3, -0.25) is 10.1 Å². The Morgan fingerprint density at radius 2 is 2.18 bits per heavy atom. The Morgan fingerprint density at radius 3 is 2.64 bits per heavy atom. The average Bonchev–Trinajstić information content (AvgIpc) is 1.94. The normalized spacial score (nSPS) is 9.64. The van der Waals surface area contributed by atoms with Gasteiger partial charge < -0.3 is 0 Å². The second-order valence-corrected chi connectivity index (χ2v) is 2.03. The maximum atomic E-state index is 12.5. The molecule has 0 N–H and O–H groups in total. The summed E-state index contributed by atoms with van der Waals surface area (Å²) in [6.07, 6.45) is 0. The fourth-order valence-electron chi connectivity index (χ4n) is 0.675. The summed E-state index contributed by atoms with van der Waals surface area (Å²) in [5.41, 5.74) is -0.101. The van der Waals surface area contributed by atoms with Crippen molar-refractivity contribution in [2.24, 2.45) is 0 Å². The van der Waals surface area contributed by atoms with E-state index in [4.69, 9.17) is 0 Å². The highest BCUT2D eigenvalue weighted by Crippen LogP contribution is 2.15. The molecule has 1 radical (unpaired) electrons. The van der Waals surface area contributed by atoms with Gasteiger partial charge in [0.15, 0.2) is 0 Å². The first-order valence-electron chi connectivity index (χ1n) is 2.87. The van der Waals surface area contributed by atoms with E-state index in [1.165, 1.54) is 0 Å². The molecule has 0 aliphatic rings. The molecule has 3 nitrogen and oxygen atoms in total. The number of hydrogen-bond donors (Lipinski definition) is 0. The van der Waals surface area contributed by atoms with Crippen LogP contribution in [0.25, 0.3) is 0 Å². The molecule has 57 valence electrons. The maximum absolute atomic E-state index is 12.5. The highest BCUT2D eigenvalue weighted by molar-refractivity contribution is 5.36. The Balaban J connectivity index is 3.15. The van der Waals surface area contributed by atoms with Gasteiger partial charge in [-0.15, -0.1) is 0 Å². The molecule has 1 aromatic carbocycles. The zero-order valence-corrected chi connectivity index (χ0v) is 5.58. The van der Waals surface area contributed by atoms with Crippen molar-refractivity contribution in [2.75, 3.05) is 0 Å². The predicted octanol–water partition coefficient (Wildman–Crippen LogP) is 1.92. The topological polar surface area (TPSA) is 43.1 Å². The number of hydrogen-bond acceptors (Lipinski definition) is 2. The molecule has 1 aromatic rings. The van der Waals surface area contributed by atoms with Crippen molar-refractivity contribution in [2.45, 2.75) is 0 Å². The molecule has 0 unspecified atom stereocenters. The Kier molecular flexibility index (Phi) is 1.85. The van der Waals surface area contributed by atoms with Crippen LogP contribution in [0.3, 0.4) is 0 Å². The Hall–Kier alpha value is -1.45. The lowest BCUT2D eigenvalue weighted by atomic mass is 10.2. The van der Waals surface area contributed by atoms with Gasteiger partial charge >= 0.3 is 0 Å². The van der Waals surface area contributed by atoms with Crippen LogP contribution in [0.4, 0.5) is 10.1 Å². The van der Waals surface area contributed by atoms with Gasteiger partial charge in [0, 0.05) is 12.1 Å². The van der Waals surface area contributed by atoms with Crippen LogP contribution in [0.1, 0.15) is 5.56 Å². The minimum Gasteiger partial charge on any atom is -0.258 e. The van der Waals surface area contributed by atoms with E-state index in [1.54, 1.807) is 0 Å². The van der Waals surface area contributed by atoms with Gasteiger partial charge in [-0.05, 0) is 18.6 Å². The van der Waals surface area contributed by atoms with Crippen LogP contribution in [0.2, 0.25) is 0 Å². The van der Waals surface area contributed by atoms with Crippen molar-refractivity contribution in [3.05, 3.63) is 46.6 Å². The molecule has 0 aliphatic heterocycles. The van der Waals surface area contributed by atoms with Crippen LogP contribution in [0.5, 0.6) is 0 Å². The summed E-state index contributed by atoms with van der Waals surface area (Å²) in [6.45, 7) is 3.28. The van der Waals surface area contributed by atoms with Crippen molar-refractivity contribution in [3.63, 3.8) is 0 Å². The molecule has 4 heteroatoms. The maximum Gasteiger partial charge on any atom is 0.269 e. The fraction of sp³-hybridized carbons (Fsp3) is 0. The zero-order chi connectivity index (χ0) is 8.43. The summed E-state index contributed by atoms with van der Waals surface area (Å²) in [4.78, 5) is 9.53. The molecule has 0 fully saturated rings. The summed E-state index contributed by atoms with van der Waals surface area (Å²) < 4.78 is 12.5. The number of nitrogens with zero attached hydrogens (tertiary/aromatic N) is 1. The summed E-state index contributed by atoms with van der Waals surface area (Å²) in [6, 6.07) is 3.22. The van der Waals surface area contributed by atoms with Crippen molar-refractivity contribution in [3.8, 4) is 0 Å². The average molecular weight is 154 g/mol. The van der Waals surface area contributed by atoms with Crippen LogP contribution >= 0.6 is 0 Å². The Bertz CT molecular complexity index is 298. The molecule has 0 aromatic heterocycles. The van der Waals surface area contributed by atoms with Gasteiger partial charge in [-0.2, -0.15) is 0 Å². The van der Waals surface area contributed by atoms with Crippen LogP contribution in [-0.2, 0) is 0 Å².